The SMILES string of the molecule is CNC(C)C(C)(C)C(N)=O. The molecule has 0 aliphatic rings. The maximum Gasteiger partial charge on any atom is 0.224 e. The first-order chi connectivity index (χ1) is 4.42. The van der Waals surface area contributed by atoms with Gasteiger partial charge in [0.25, 0.3) is 0 Å². The van der Waals surface area contributed by atoms with E-state index in [4.69, 9.17) is 5.73 Å². The van der Waals surface area contributed by atoms with Gasteiger partial charge in [0.1, 0.15) is 0 Å². The Hall–Kier alpha value is -0.570. The van der Waals surface area contributed by atoms with Crippen molar-refractivity contribution in [2.45, 2.75) is 26.8 Å². The predicted molar refractivity (Wildman–Crippen MR) is 41.5 cm³/mol. The minimum Gasteiger partial charge on any atom is -0.369 e. The van der Waals surface area contributed by atoms with Gasteiger partial charge in [0.15, 0.2) is 0 Å². The average Bonchev–Trinajstić information content (AvgIpc) is 1.86. The molecule has 0 aromatic carbocycles. The zero-order valence-electron chi connectivity index (χ0n) is 7.06. The molecular weight excluding hydrogens is 128 g/mol. The monoisotopic (exact) mass is 144 g/mol. The summed E-state index contributed by atoms with van der Waals surface area (Å²) in [5, 5.41) is 2.99. The van der Waals surface area contributed by atoms with Crippen molar-refractivity contribution in [1.29, 1.82) is 0 Å². The Morgan fingerprint density at radius 3 is 2.10 bits per heavy atom. The summed E-state index contributed by atoms with van der Waals surface area (Å²) in [5.74, 6) is -0.269. The number of nitrogens with two attached hydrogens (primary N) is 1. The first-order valence-corrected chi connectivity index (χ1v) is 3.40. The molecule has 0 rings (SSSR count). The second-order valence-electron chi connectivity index (χ2n) is 3.10. The molecule has 0 aliphatic heterocycles. The molecule has 60 valence electrons. The fraction of sp³-hybridized carbons (Fsp3) is 0.857. The highest BCUT2D eigenvalue weighted by Crippen LogP contribution is 2.18. The van der Waals surface area contributed by atoms with Gasteiger partial charge in [-0.15, -0.1) is 0 Å². The minimum atomic E-state index is -0.464. The molecule has 3 nitrogen and oxygen atoms in total. The van der Waals surface area contributed by atoms with Crippen LogP contribution in [0.5, 0.6) is 0 Å². The molecule has 0 spiro atoms. The lowest BCUT2D eigenvalue weighted by Crippen LogP contribution is -2.46. The summed E-state index contributed by atoms with van der Waals surface area (Å²) < 4.78 is 0. The molecule has 1 atom stereocenters. The third kappa shape index (κ3) is 1.70. The minimum absolute atomic E-state index is 0.116. The topological polar surface area (TPSA) is 55.1 Å². The smallest absolute Gasteiger partial charge is 0.224 e. The Labute approximate surface area is 62.0 Å². The molecule has 0 saturated carbocycles. The summed E-state index contributed by atoms with van der Waals surface area (Å²) in [7, 11) is 1.81. The van der Waals surface area contributed by atoms with Gasteiger partial charge >= 0.3 is 0 Å². The largest absolute Gasteiger partial charge is 0.369 e. The van der Waals surface area contributed by atoms with E-state index < -0.39 is 5.41 Å². The molecule has 0 aromatic heterocycles. The highest BCUT2D eigenvalue weighted by molar-refractivity contribution is 5.80. The lowest BCUT2D eigenvalue weighted by atomic mass is 9.85. The van der Waals surface area contributed by atoms with Crippen molar-refractivity contribution in [2.24, 2.45) is 11.1 Å². The number of amides is 1. The number of carbonyl (C=O) groups is 1. The highest BCUT2D eigenvalue weighted by Gasteiger charge is 2.30. The molecule has 0 aromatic rings. The third-order valence-corrected chi connectivity index (χ3v) is 2.15. The number of hydrogen-bond donors (Lipinski definition) is 2. The molecule has 0 saturated heterocycles. The Kier molecular flexibility index (Phi) is 2.84. The van der Waals surface area contributed by atoms with Gasteiger partial charge in [-0.05, 0) is 27.8 Å². The summed E-state index contributed by atoms with van der Waals surface area (Å²) >= 11 is 0. The van der Waals surface area contributed by atoms with Gasteiger partial charge in [-0.25, -0.2) is 0 Å². The third-order valence-electron chi connectivity index (χ3n) is 2.15. The quantitative estimate of drug-likeness (QED) is 0.590. The average molecular weight is 144 g/mol. The normalized spacial score (nSPS) is 14.8. The van der Waals surface area contributed by atoms with Crippen LogP contribution in [-0.4, -0.2) is 19.0 Å². The van der Waals surface area contributed by atoms with E-state index in [1.165, 1.54) is 0 Å². The van der Waals surface area contributed by atoms with Gasteiger partial charge in [-0.2, -0.15) is 0 Å². The van der Waals surface area contributed by atoms with Crippen LogP contribution in [0.4, 0.5) is 0 Å². The van der Waals surface area contributed by atoms with E-state index in [1.54, 1.807) is 0 Å². The van der Waals surface area contributed by atoms with Crippen LogP contribution in [0, 0.1) is 5.41 Å². The molecule has 0 bridgehead atoms. The molecule has 1 unspecified atom stereocenters. The predicted octanol–water partition coefficient (Wildman–Crippen LogP) is 0.106. The summed E-state index contributed by atoms with van der Waals surface area (Å²) in [4.78, 5) is 10.8. The summed E-state index contributed by atoms with van der Waals surface area (Å²) in [6.07, 6.45) is 0. The van der Waals surface area contributed by atoms with Crippen molar-refractivity contribution >= 4 is 5.91 Å². The van der Waals surface area contributed by atoms with Crippen molar-refractivity contribution in [3.63, 3.8) is 0 Å². The maximum atomic E-state index is 10.8. The van der Waals surface area contributed by atoms with Crippen molar-refractivity contribution in [1.82, 2.24) is 5.32 Å². The molecule has 10 heavy (non-hydrogen) atoms. The first kappa shape index (κ1) is 9.43. The molecule has 0 fully saturated rings. The van der Waals surface area contributed by atoms with Crippen molar-refractivity contribution in [2.75, 3.05) is 7.05 Å². The first-order valence-electron chi connectivity index (χ1n) is 3.40. The van der Waals surface area contributed by atoms with Crippen LogP contribution >= 0.6 is 0 Å². The van der Waals surface area contributed by atoms with E-state index in [9.17, 15) is 4.79 Å². The molecule has 0 aliphatic carbocycles. The molecule has 1 amide bonds. The van der Waals surface area contributed by atoms with Crippen molar-refractivity contribution in [3.05, 3.63) is 0 Å². The second kappa shape index (κ2) is 3.01. The molecule has 3 heteroatoms. The fourth-order valence-electron chi connectivity index (χ4n) is 0.574. The highest BCUT2D eigenvalue weighted by atomic mass is 16.1. The Morgan fingerprint density at radius 2 is 2.00 bits per heavy atom. The van der Waals surface area contributed by atoms with Crippen LogP contribution in [0.25, 0.3) is 0 Å². The van der Waals surface area contributed by atoms with E-state index in [-0.39, 0.29) is 11.9 Å². The van der Waals surface area contributed by atoms with Gasteiger partial charge in [0, 0.05) is 6.04 Å². The zero-order chi connectivity index (χ0) is 8.36. The van der Waals surface area contributed by atoms with Crippen LogP contribution in [0.1, 0.15) is 20.8 Å². The van der Waals surface area contributed by atoms with Crippen molar-refractivity contribution in [3.8, 4) is 0 Å². The van der Waals surface area contributed by atoms with Crippen LogP contribution < -0.4 is 11.1 Å². The van der Waals surface area contributed by atoms with E-state index >= 15 is 0 Å². The number of hydrogen-bond acceptors (Lipinski definition) is 2. The van der Waals surface area contributed by atoms with E-state index in [0.717, 1.165) is 0 Å². The molecule has 0 radical (unpaired) electrons. The van der Waals surface area contributed by atoms with Gasteiger partial charge in [0.05, 0.1) is 5.41 Å². The van der Waals surface area contributed by atoms with Crippen LogP contribution in [-0.2, 0) is 4.79 Å². The Morgan fingerprint density at radius 1 is 1.60 bits per heavy atom. The summed E-state index contributed by atoms with van der Waals surface area (Å²) in [5.41, 5.74) is 4.70. The van der Waals surface area contributed by atoms with E-state index in [2.05, 4.69) is 5.32 Å². The fourth-order valence-corrected chi connectivity index (χ4v) is 0.574. The standard InChI is InChI=1S/C7H16N2O/c1-5(9-4)7(2,3)6(8)10/h5,9H,1-4H3,(H2,8,10). The maximum absolute atomic E-state index is 10.8. The van der Waals surface area contributed by atoms with Crippen LogP contribution in [0.3, 0.4) is 0 Å². The lowest BCUT2D eigenvalue weighted by molar-refractivity contribution is -0.127. The molecule has 3 N–H and O–H groups in total. The summed E-state index contributed by atoms with van der Waals surface area (Å²) in [6.45, 7) is 5.60. The van der Waals surface area contributed by atoms with E-state index in [0.29, 0.717) is 0 Å². The van der Waals surface area contributed by atoms with Crippen molar-refractivity contribution < 1.29 is 4.79 Å². The number of carbonyl (C=O) groups excluding carboxylic acids is 1. The number of rotatable bonds is 3. The summed E-state index contributed by atoms with van der Waals surface area (Å²) in [6, 6.07) is 0.116. The van der Waals surface area contributed by atoms with Crippen LogP contribution in [0.2, 0.25) is 0 Å². The second-order valence-corrected chi connectivity index (χ2v) is 3.10. The Bertz CT molecular complexity index is 132. The van der Waals surface area contributed by atoms with Gasteiger partial charge in [0.2, 0.25) is 5.91 Å². The zero-order valence-corrected chi connectivity index (χ0v) is 7.06. The Balaban J connectivity index is 4.23. The molecule has 0 heterocycles. The van der Waals surface area contributed by atoms with E-state index in [1.807, 2.05) is 27.8 Å². The van der Waals surface area contributed by atoms with Gasteiger partial charge in [-0.1, -0.05) is 0 Å². The number of primary amides is 1. The number of nitrogens with one attached hydrogen (secondary N) is 1. The molecular formula is C7H16N2O. The van der Waals surface area contributed by atoms with Gasteiger partial charge < -0.3 is 11.1 Å². The van der Waals surface area contributed by atoms with Gasteiger partial charge in [-0.3, -0.25) is 4.79 Å². The lowest BCUT2D eigenvalue weighted by Gasteiger charge is -2.27. The van der Waals surface area contributed by atoms with Crippen LogP contribution in [0.15, 0.2) is 0 Å².